The summed E-state index contributed by atoms with van der Waals surface area (Å²) in [4.78, 5) is 14.0. The van der Waals surface area contributed by atoms with Gasteiger partial charge in [-0.25, -0.2) is 0 Å². The van der Waals surface area contributed by atoms with E-state index in [9.17, 15) is 4.79 Å². The zero-order valence-corrected chi connectivity index (χ0v) is 10.9. The molecule has 2 rings (SSSR count). The van der Waals surface area contributed by atoms with Gasteiger partial charge in [0.2, 0.25) is 0 Å². The van der Waals surface area contributed by atoms with Crippen molar-refractivity contribution in [3.05, 3.63) is 35.4 Å². The summed E-state index contributed by atoms with van der Waals surface area (Å²) in [5.41, 5.74) is 1.74. The van der Waals surface area contributed by atoms with E-state index in [4.69, 9.17) is 11.6 Å². The molecule has 17 heavy (non-hydrogen) atoms. The van der Waals surface area contributed by atoms with Gasteiger partial charge in [0.05, 0.1) is 0 Å². The van der Waals surface area contributed by atoms with Gasteiger partial charge in [-0.2, -0.15) is 0 Å². The first-order valence-electron chi connectivity index (χ1n) is 6.11. The number of nitrogens with zero attached hydrogens (tertiary/aromatic N) is 1. The van der Waals surface area contributed by atoms with E-state index in [1.807, 2.05) is 36.2 Å². The summed E-state index contributed by atoms with van der Waals surface area (Å²) in [6, 6.07) is 7.57. The number of hydrogen-bond acceptors (Lipinski definition) is 1. The van der Waals surface area contributed by atoms with Crippen LogP contribution < -0.4 is 0 Å². The summed E-state index contributed by atoms with van der Waals surface area (Å²) < 4.78 is 0. The molecule has 1 aromatic rings. The summed E-state index contributed by atoms with van der Waals surface area (Å²) in [5, 5.41) is 0. The molecule has 0 radical (unpaired) electrons. The van der Waals surface area contributed by atoms with Gasteiger partial charge in [-0.1, -0.05) is 18.6 Å². The van der Waals surface area contributed by atoms with Crippen LogP contribution in [0.3, 0.4) is 0 Å². The summed E-state index contributed by atoms with van der Waals surface area (Å²) in [6.07, 6.45) is 3.84. The van der Waals surface area contributed by atoms with Gasteiger partial charge in [-0.05, 0) is 36.5 Å². The first kappa shape index (κ1) is 12.4. The van der Waals surface area contributed by atoms with E-state index in [1.54, 1.807) is 0 Å². The molecule has 0 N–H and O–H groups in total. The molecule has 1 aromatic carbocycles. The molecule has 0 heterocycles. The van der Waals surface area contributed by atoms with E-state index in [0.717, 1.165) is 17.7 Å². The van der Waals surface area contributed by atoms with E-state index >= 15 is 0 Å². The predicted octanol–water partition coefficient (Wildman–Crippen LogP) is 3.30. The van der Waals surface area contributed by atoms with E-state index in [-0.39, 0.29) is 5.91 Å². The van der Waals surface area contributed by atoms with Crippen LogP contribution in [-0.2, 0) is 5.88 Å². The molecule has 0 bridgehead atoms. The Hall–Kier alpha value is -1.02. The Morgan fingerprint density at radius 2 is 2.24 bits per heavy atom. The van der Waals surface area contributed by atoms with Crippen LogP contribution in [0.4, 0.5) is 0 Å². The Morgan fingerprint density at radius 3 is 2.82 bits per heavy atom. The molecule has 2 nitrogen and oxygen atoms in total. The SMILES string of the molecule is CN(CC1CCC1)C(=O)c1cccc(CCl)c1. The zero-order valence-electron chi connectivity index (χ0n) is 10.2. The minimum Gasteiger partial charge on any atom is -0.341 e. The number of rotatable bonds is 4. The third kappa shape index (κ3) is 3.01. The van der Waals surface area contributed by atoms with Gasteiger partial charge >= 0.3 is 0 Å². The maximum absolute atomic E-state index is 12.2. The van der Waals surface area contributed by atoms with Gasteiger partial charge < -0.3 is 4.90 Å². The number of carbonyl (C=O) groups is 1. The smallest absolute Gasteiger partial charge is 0.253 e. The van der Waals surface area contributed by atoms with Crippen molar-refractivity contribution in [1.82, 2.24) is 4.90 Å². The van der Waals surface area contributed by atoms with Gasteiger partial charge in [0.1, 0.15) is 0 Å². The lowest BCUT2D eigenvalue weighted by Crippen LogP contribution is -2.34. The standard InChI is InChI=1S/C14H18ClNO/c1-16(10-11-4-2-5-11)14(17)13-7-3-6-12(8-13)9-15/h3,6-8,11H,2,4-5,9-10H2,1H3. The second kappa shape index (κ2) is 5.54. The molecule has 0 unspecified atom stereocenters. The van der Waals surface area contributed by atoms with Gasteiger partial charge in [0, 0.05) is 25.0 Å². The van der Waals surface area contributed by atoms with Gasteiger partial charge in [0.25, 0.3) is 5.91 Å². The molecule has 0 aromatic heterocycles. The molecule has 1 fully saturated rings. The highest BCUT2D eigenvalue weighted by molar-refractivity contribution is 6.17. The highest BCUT2D eigenvalue weighted by Crippen LogP contribution is 2.27. The van der Waals surface area contributed by atoms with Crippen molar-refractivity contribution < 1.29 is 4.79 Å². The van der Waals surface area contributed by atoms with Crippen molar-refractivity contribution in [2.75, 3.05) is 13.6 Å². The monoisotopic (exact) mass is 251 g/mol. The van der Waals surface area contributed by atoms with Crippen molar-refractivity contribution in [1.29, 1.82) is 0 Å². The molecule has 92 valence electrons. The molecule has 0 atom stereocenters. The first-order valence-corrected chi connectivity index (χ1v) is 6.64. The lowest BCUT2D eigenvalue weighted by molar-refractivity contribution is 0.0745. The second-order valence-electron chi connectivity index (χ2n) is 4.82. The van der Waals surface area contributed by atoms with E-state index in [0.29, 0.717) is 11.8 Å². The fourth-order valence-corrected chi connectivity index (χ4v) is 2.32. The minimum atomic E-state index is 0.101. The zero-order chi connectivity index (χ0) is 12.3. The minimum absolute atomic E-state index is 0.101. The van der Waals surface area contributed by atoms with E-state index in [2.05, 4.69) is 0 Å². The largest absolute Gasteiger partial charge is 0.341 e. The quantitative estimate of drug-likeness (QED) is 0.752. The van der Waals surface area contributed by atoms with Gasteiger partial charge in [0.15, 0.2) is 0 Å². The van der Waals surface area contributed by atoms with Crippen LogP contribution in [0.15, 0.2) is 24.3 Å². The topological polar surface area (TPSA) is 20.3 Å². The van der Waals surface area contributed by atoms with Crippen LogP contribution in [0.25, 0.3) is 0 Å². The number of carbonyl (C=O) groups excluding carboxylic acids is 1. The molecule has 1 aliphatic rings. The van der Waals surface area contributed by atoms with Crippen LogP contribution in [0.5, 0.6) is 0 Å². The highest BCUT2D eigenvalue weighted by atomic mass is 35.5. The average molecular weight is 252 g/mol. The Kier molecular flexibility index (Phi) is 4.06. The second-order valence-corrected chi connectivity index (χ2v) is 5.08. The molecular weight excluding hydrogens is 234 g/mol. The van der Waals surface area contributed by atoms with Crippen LogP contribution in [0.2, 0.25) is 0 Å². The van der Waals surface area contributed by atoms with Crippen LogP contribution >= 0.6 is 11.6 Å². The van der Waals surface area contributed by atoms with Gasteiger partial charge in [-0.15, -0.1) is 11.6 Å². The number of benzene rings is 1. The molecule has 1 amide bonds. The third-order valence-electron chi connectivity index (χ3n) is 3.43. The summed E-state index contributed by atoms with van der Waals surface area (Å²) >= 11 is 5.77. The number of alkyl halides is 1. The fraction of sp³-hybridized carbons (Fsp3) is 0.500. The molecule has 1 saturated carbocycles. The average Bonchev–Trinajstić information content (AvgIpc) is 2.32. The molecule has 1 aliphatic carbocycles. The molecular formula is C14H18ClNO. The lowest BCUT2D eigenvalue weighted by Gasteiger charge is -2.30. The number of amides is 1. The maximum atomic E-state index is 12.2. The maximum Gasteiger partial charge on any atom is 0.253 e. The molecule has 3 heteroatoms. The Labute approximate surface area is 108 Å². The summed E-state index contributed by atoms with van der Waals surface area (Å²) in [5.74, 6) is 1.26. The Balaban J connectivity index is 2.01. The van der Waals surface area contributed by atoms with E-state index in [1.165, 1.54) is 19.3 Å². The highest BCUT2D eigenvalue weighted by Gasteiger charge is 2.21. The van der Waals surface area contributed by atoms with Crippen LogP contribution in [0, 0.1) is 5.92 Å². The number of hydrogen-bond donors (Lipinski definition) is 0. The number of halogens is 1. The summed E-state index contributed by atoms with van der Waals surface area (Å²) in [6.45, 7) is 0.879. The van der Waals surface area contributed by atoms with Crippen molar-refractivity contribution in [3.8, 4) is 0 Å². The van der Waals surface area contributed by atoms with Crippen LogP contribution in [-0.4, -0.2) is 24.4 Å². The lowest BCUT2D eigenvalue weighted by atomic mass is 9.85. The van der Waals surface area contributed by atoms with Crippen molar-refractivity contribution in [2.24, 2.45) is 5.92 Å². The van der Waals surface area contributed by atoms with E-state index < -0.39 is 0 Å². The molecule has 0 aliphatic heterocycles. The van der Waals surface area contributed by atoms with Crippen molar-refractivity contribution in [2.45, 2.75) is 25.1 Å². The fourth-order valence-electron chi connectivity index (χ4n) is 2.15. The Morgan fingerprint density at radius 1 is 1.47 bits per heavy atom. The first-order chi connectivity index (χ1) is 8.20. The Bertz CT molecular complexity index is 401. The van der Waals surface area contributed by atoms with Crippen LogP contribution in [0.1, 0.15) is 35.2 Å². The summed E-state index contributed by atoms with van der Waals surface area (Å²) in [7, 11) is 1.88. The van der Waals surface area contributed by atoms with Crippen molar-refractivity contribution in [3.63, 3.8) is 0 Å². The normalized spacial score (nSPS) is 15.4. The predicted molar refractivity (Wildman–Crippen MR) is 70.3 cm³/mol. The van der Waals surface area contributed by atoms with Crippen molar-refractivity contribution >= 4 is 17.5 Å². The van der Waals surface area contributed by atoms with Gasteiger partial charge in [-0.3, -0.25) is 4.79 Å². The molecule has 0 spiro atoms. The third-order valence-corrected chi connectivity index (χ3v) is 3.74. The molecule has 0 saturated heterocycles.